The summed E-state index contributed by atoms with van der Waals surface area (Å²) < 4.78 is 1.77. The van der Waals surface area contributed by atoms with Gasteiger partial charge in [-0.3, -0.25) is 5.21 Å². The van der Waals surface area contributed by atoms with Crippen LogP contribution in [0.2, 0.25) is 13.1 Å². The van der Waals surface area contributed by atoms with Crippen LogP contribution < -0.4 is 0 Å². The molecule has 0 aromatic carbocycles. The molecule has 0 radical (unpaired) electrons. The van der Waals surface area contributed by atoms with E-state index in [0.717, 1.165) is 35.6 Å². The fourth-order valence-electron chi connectivity index (χ4n) is 2.78. The van der Waals surface area contributed by atoms with Crippen LogP contribution in [0.15, 0.2) is 18.3 Å². The summed E-state index contributed by atoms with van der Waals surface area (Å²) in [6.45, 7) is 2.49. The molecule has 2 bridgehead atoms. The first-order valence-electron chi connectivity index (χ1n) is 7.25. The van der Waals surface area contributed by atoms with Crippen molar-refractivity contribution in [1.82, 2.24) is 19.7 Å². The number of fused-ring (bicyclic) bond motifs is 2. The number of rotatable bonds is 5. The number of carbonyl (C=O) groups excluding carboxylic acids is 1. The van der Waals surface area contributed by atoms with E-state index in [4.69, 9.17) is 0 Å². The molecule has 3 heterocycles. The van der Waals surface area contributed by atoms with E-state index in [-0.39, 0.29) is 19.0 Å². The predicted molar refractivity (Wildman–Crippen MR) is 77.8 cm³/mol. The van der Waals surface area contributed by atoms with Gasteiger partial charge in [0.05, 0.1) is 24.0 Å². The predicted octanol–water partition coefficient (Wildman–Crippen LogP) is 0.779. The molecule has 21 heavy (non-hydrogen) atoms. The summed E-state index contributed by atoms with van der Waals surface area (Å²) in [5.41, 5.74) is 1.87. The van der Waals surface area contributed by atoms with E-state index >= 15 is 0 Å². The topological polar surface area (TPSA) is 81.8 Å². The second-order valence-electron chi connectivity index (χ2n) is 5.73. The maximum atomic E-state index is 11.7. The fraction of sp³-hybridized carbons (Fsp3) is 0.538. The van der Waals surface area contributed by atoms with E-state index in [0.29, 0.717) is 13.1 Å². The molecule has 2 N–H and O–H groups in total. The number of amides is 2. The van der Waals surface area contributed by atoms with Crippen molar-refractivity contribution in [3.63, 3.8) is 0 Å². The van der Waals surface area contributed by atoms with Crippen molar-refractivity contribution in [2.75, 3.05) is 13.1 Å². The van der Waals surface area contributed by atoms with Crippen LogP contribution in [0.3, 0.4) is 0 Å². The Kier molecular flexibility index (Phi) is 3.73. The molecule has 112 valence electrons. The van der Waals surface area contributed by atoms with Crippen molar-refractivity contribution in [3.05, 3.63) is 24.0 Å². The molecule has 1 atom stereocenters. The maximum absolute atomic E-state index is 11.7. The molecular formula is C13H19BN4O3. The molecule has 3 rings (SSSR count). The Morgan fingerprint density at radius 2 is 2.33 bits per heavy atom. The summed E-state index contributed by atoms with van der Waals surface area (Å²) in [5.74, 6) is 0. The first kappa shape index (κ1) is 14.2. The van der Waals surface area contributed by atoms with Gasteiger partial charge in [-0.05, 0) is 24.9 Å². The van der Waals surface area contributed by atoms with Gasteiger partial charge in [0.15, 0.2) is 0 Å². The fourth-order valence-corrected chi connectivity index (χ4v) is 2.78. The zero-order chi connectivity index (χ0) is 15.0. The highest BCUT2D eigenvalue weighted by atomic mass is 16.5. The van der Waals surface area contributed by atoms with Gasteiger partial charge in [0, 0.05) is 12.7 Å². The largest absolute Gasteiger partial charge is 0.451 e. The average Bonchev–Trinajstić information content (AvgIpc) is 2.99. The van der Waals surface area contributed by atoms with Crippen molar-refractivity contribution >= 4 is 18.6 Å². The molecule has 2 aliphatic heterocycles. The van der Waals surface area contributed by atoms with Crippen LogP contribution in [0.1, 0.15) is 12.1 Å². The van der Waals surface area contributed by atoms with Gasteiger partial charge in [-0.1, -0.05) is 13.2 Å². The van der Waals surface area contributed by atoms with Crippen LogP contribution in [0.5, 0.6) is 0 Å². The van der Waals surface area contributed by atoms with Gasteiger partial charge in [0.2, 0.25) is 0 Å². The van der Waals surface area contributed by atoms with Crippen molar-refractivity contribution in [3.8, 4) is 0 Å². The third kappa shape index (κ3) is 2.82. The molecule has 8 heteroatoms. The van der Waals surface area contributed by atoms with E-state index in [1.54, 1.807) is 16.4 Å². The number of hydrogen-bond acceptors (Lipinski definition) is 4. The van der Waals surface area contributed by atoms with Crippen LogP contribution in [-0.4, -0.2) is 62.1 Å². The Morgan fingerprint density at radius 3 is 3.05 bits per heavy atom. The summed E-state index contributed by atoms with van der Waals surface area (Å²) in [5, 5.41) is 24.2. The van der Waals surface area contributed by atoms with E-state index in [2.05, 4.69) is 5.10 Å². The van der Waals surface area contributed by atoms with E-state index in [9.17, 15) is 15.0 Å². The third-order valence-electron chi connectivity index (χ3n) is 3.92. The number of hydrogen-bond donors (Lipinski definition) is 2. The highest BCUT2D eigenvalue weighted by molar-refractivity contribution is 6.48. The smallest absolute Gasteiger partial charge is 0.344 e. The molecule has 1 aromatic heterocycles. The summed E-state index contributed by atoms with van der Waals surface area (Å²) in [4.78, 5) is 13.3. The molecule has 0 spiro atoms. The maximum Gasteiger partial charge on any atom is 0.344 e. The molecule has 1 fully saturated rings. The Labute approximate surface area is 123 Å². The van der Waals surface area contributed by atoms with Crippen LogP contribution in [0.4, 0.5) is 4.79 Å². The van der Waals surface area contributed by atoms with E-state index in [1.807, 2.05) is 18.3 Å². The average molecular weight is 290 g/mol. The minimum absolute atomic E-state index is 0.280. The molecule has 1 saturated heterocycles. The molecule has 0 aliphatic carbocycles. The van der Waals surface area contributed by atoms with E-state index in [1.165, 1.54) is 0 Å². The van der Waals surface area contributed by atoms with Gasteiger partial charge in [0.1, 0.15) is 0 Å². The standard InChI is InChI=1S/C13H19BN4O3/c1-14(20)5-2-3-10-4-6-17(15-10)11-7-12-9-16(8-11)13(19)18(12)21/h4,6-7,12,20-21H,2-3,5,8-9H2,1H3. The molecule has 0 saturated carbocycles. The van der Waals surface area contributed by atoms with Crippen molar-refractivity contribution in [1.29, 1.82) is 0 Å². The molecule has 2 aliphatic rings. The first-order valence-corrected chi connectivity index (χ1v) is 7.25. The number of aromatic nitrogens is 2. The van der Waals surface area contributed by atoms with Gasteiger partial charge < -0.3 is 9.92 Å². The second kappa shape index (κ2) is 5.53. The second-order valence-corrected chi connectivity index (χ2v) is 5.73. The van der Waals surface area contributed by atoms with Crippen molar-refractivity contribution in [2.45, 2.75) is 32.0 Å². The third-order valence-corrected chi connectivity index (χ3v) is 3.92. The Hall–Kier alpha value is -1.80. The number of hydroxylamine groups is 2. The molecular weight excluding hydrogens is 271 g/mol. The quantitative estimate of drug-likeness (QED) is 0.620. The number of nitrogens with zero attached hydrogens (tertiary/aromatic N) is 4. The lowest BCUT2D eigenvalue weighted by Gasteiger charge is -2.20. The lowest BCUT2D eigenvalue weighted by atomic mass is 9.67. The Balaban J connectivity index is 1.67. The van der Waals surface area contributed by atoms with Crippen LogP contribution in [-0.2, 0) is 6.42 Å². The molecule has 7 nitrogen and oxygen atoms in total. The van der Waals surface area contributed by atoms with Crippen LogP contribution in [0.25, 0.3) is 5.70 Å². The van der Waals surface area contributed by atoms with Crippen LogP contribution >= 0.6 is 0 Å². The molecule has 1 unspecified atom stereocenters. The molecule has 2 amide bonds. The lowest BCUT2D eigenvalue weighted by molar-refractivity contribution is -0.0450. The van der Waals surface area contributed by atoms with Gasteiger partial charge in [-0.25, -0.2) is 9.48 Å². The first-order chi connectivity index (χ1) is 10.0. The SMILES string of the molecule is CB(O)CCCc1ccn(C2=CC3CN(C2)C(=O)N3O)n1. The van der Waals surface area contributed by atoms with E-state index < -0.39 is 0 Å². The highest BCUT2D eigenvalue weighted by Crippen LogP contribution is 2.24. The lowest BCUT2D eigenvalue weighted by Crippen LogP contribution is -2.31. The van der Waals surface area contributed by atoms with Gasteiger partial charge in [-0.15, -0.1) is 0 Å². The zero-order valence-corrected chi connectivity index (χ0v) is 12.0. The monoisotopic (exact) mass is 290 g/mol. The Bertz CT molecular complexity index is 572. The number of urea groups is 1. The van der Waals surface area contributed by atoms with Gasteiger partial charge in [0.25, 0.3) is 6.92 Å². The summed E-state index contributed by atoms with van der Waals surface area (Å²) in [6.07, 6.45) is 6.24. The summed E-state index contributed by atoms with van der Waals surface area (Å²) in [7, 11) is 0. The minimum atomic E-state index is -0.351. The van der Waals surface area contributed by atoms with Gasteiger partial charge in [-0.2, -0.15) is 10.2 Å². The highest BCUT2D eigenvalue weighted by Gasteiger charge is 2.39. The van der Waals surface area contributed by atoms with Gasteiger partial charge >= 0.3 is 6.03 Å². The Morgan fingerprint density at radius 1 is 1.52 bits per heavy atom. The summed E-state index contributed by atoms with van der Waals surface area (Å²) >= 11 is 0. The number of carbonyl (C=O) groups is 1. The zero-order valence-electron chi connectivity index (χ0n) is 12.0. The van der Waals surface area contributed by atoms with Crippen LogP contribution in [0, 0.1) is 0 Å². The molecule has 1 aromatic rings. The minimum Gasteiger partial charge on any atom is -0.451 e. The normalized spacial score (nSPS) is 21.0. The summed E-state index contributed by atoms with van der Waals surface area (Å²) in [6, 6.07) is 1.31. The van der Waals surface area contributed by atoms with Crippen molar-refractivity contribution in [2.24, 2.45) is 0 Å². The van der Waals surface area contributed by atoms with Crippen molar-refractivity contribution < 1.29 is 15.0 Å². The number of aryl methyl sites for hydroxylation is 1.